The van der Waals surface area contributed by atoms with Crippen LogP contribution in [0.1, 0.15) is 38.3 Å². The van der Waals surface area contributed by atoms with Crippen molar-refractivity contribution in [3.63, 3.8) is 0 Å². The molecule has 45 heavy (non-hydrogen) atoms. The van der Waals surface area contributed by atoms with Crippen molar-refractivity contribution in [3.8, 4) is 5.75 Å². The molecule has 2 amide bonds. The van der Waals surface area contributed by atoms with Crippen molar-refractivity contribution in [2.75, 3.05) is 17.5 Å². The van der Waals surface area contributed by atoms with Crippen LogP contribution in [0.5, 0.6) is 5.75 Å². The van der Waals surface area contributed by atoms with Crippen LogP contribution in [0.15, 0.2) is 120 Å². The molecule has 8 nitrogen and oxygen atoms in total. The van der Waals surface area contributed by atoms with E-state index in [1.807, 2.05) is 81.4 Å². The number of nitrogens with one attached hydrogen (secondary N) is 1. The second-order valence-electron chi connectivity index (χ2n) is 10.8. The Bertz CT molecular complexity index is 1620. The van der Waals surface area contributed by atoms with Crippen molar-refractivity contribution < 1.29 is 22.7 Å². The summed E-state index contributed by atoms with van der Waals surface area (Å²) in [4.78, 5) is 29.9. The van der Waals surface area contributed by atoms with Crippen LogP contribution in [0.25, 0.3) is 0 Å². The number of carbonyl (C=O) groups is 2. The Morgan fingerprint density at radius 3 is 1.89 bits per heavy atom. The Morgan fingerprint density at radius 2 is 1.33 bits per heavy atom. The third-order valence-corrected chi connectivity index (χ3v) is 9.30. The Labute approximate surface area is 266 Å². The average molecular weight is 628 g/mol. The molecule has 4 rings (SSSR count). The number of nitrogens with zero attached hydrogens (tertiary/aromatic N) is 2. The van der Waals surface area contributed by atoms with E-state index >= 15 is 0 Å². The first-order valence-corrected chi connectivity index (χ1v) is 16.6. The topological polar surface area (TPSA) is 96.0 Å². The van der Waals surface area contributed by atoms with Gasteiger partial charge >= 0.3 is 0 Å². The van der Waals surface area contributed by atoms with Crippen molar-refractivity contribution in [2.24, 2.45) is 0 Å². The normalized spacial score (nSPS) is 12.5. The first-order chi connectivity index (χ1) is 21.7. The lowest BCUT2D eigenvalue weighted by molar-refractivity contribution is -0.140. The molecule has 0 bridgehead atoms. The molecular formula is C36H41N3O5S. The lowest BCUT2D eigenvalue weighted by Gasteiger charge is -2.34. The first kappa shape index (κ1) is 33.3. The van der Waals surface area contributed by atoms with Gasteiger partial charge in [-0.05, 0) is 67.8 Å². The zero-order valence-corrected chi connectivity index (χ0v) is 26.8. The van der Waals surface area contributed by atoms with Gasteiger partial charge in [0.25, 0.3) is 10.0 Å². The fraction of sp³-hybridized carbons (Fsp3) is 0.278. The van der Waals surface area contributed by atoms with E-state index in [0.717, 1.165) is 21.9 Å². The molecule has 0 fully saturated rings. The smallest absolute Gasteiger partial charge is 0.264 e. The van der Waals surface area contributed by atoms with Crippen LogP contribution in [0, 0.1) is 0 Å². The van der Waals surface area contributed by atoms with Crippen molar-refractivity contribution in [3.05, 3.63) is 126 Å². The Balaban J connectivity index is 1.78. The van der Waals surface area contributed by atoms with Gasteiger partial charge in [0.05, 0.1) is 17.2 Å². The molecule has 0 saturated heterocycles. The van der Waals surface area contributed by atoms with E-state index in [-0.39, 0.29) is 29.8 Å². The van der Waals surface area contributed by atoms with E-state index in [2.05, 4.69) is 5.32 Å². The summed E-state index contributed by atoms with van der Waals surface area (Å²) >= 11 is 0. The summed E-state index contributed by atoms with van der Waals surface area (Å²) in [7, 11) is -4.16. The lowest BCUT2D eigenvalue weighted by Crippen LogP contribution is -2.54. The summed E-state index contributed by atoms with van der Waals surface area (Å²) in [6, 6.07) is 32.5. The Kier molecular flexibility index (Phi) is 11.8. The van der Waals surface area contributed by atoms with Crippen molar-refractivity contribution in [1.29, 1.82) is 0 Å². The van der Waals surface area contributed by atoms with Crippen LogP contribution in [-0.4, -0.2) is 50.4 Å². The minimum Gasteiger partial charge on any atom is -0.494 e. The number of hydrogen-bond donors (Lipinski definition) is 1. The van der Waals surface area contributed by atoms with Gasteiger partial charge in [0, 0.05) is 19.0 Å². The minimum atomic E-state index is -4.16. The number of benzene rings is 4. The molecule has 2 unspecified atom stereocenters. The number of amides is 2. The van der Waals surface area contributed by atoms with Gasteiger partial charge in [-0.15, -0.1) is 0 Å². The maximum Gasteiger partial charge on any atom is 0.264 e. The van der Waals surface area contributed by atoms with Crippen LogP contribution in [0.2, 0.25) is 0 Å². The van der Waals surface area contributed by atoms with Crippen LogP contribution in [0.3, 0.4) is 0 Å². The van der Waals surface area contributed by atoms with E-state index in [4.69, 9.17) is 4.74 Å². The Hall–Kier alpha value is -4.63. The van der Waals surface area contributed by atoms with Crippen molar-refractivity contribution in [1.82, 2.24) is 10.2 Å². The van der Waals surface area contributed by atoms with Gasteiger partial charge in [-0.3, -0.25) is 13.9 Å². The highest BCUT2D eigenvalue weighted by atomic mass is 32.2. The van der Waals surface area contributed by atoms with E-state index < -0.39 is 28.5 Å². The summed E-state index contributed by atoms with van der Waals surface area (Å²) < 4.78 is 34.8. The first-order valence-electron chi connectivity index (χ1n) is 15.2. The third-order valence-electron chi connectivity index (χ3n) is 7.51. The lowest BCUT2D eigenvalue weighted by atomic mass is 10.0. The van der Waals surface area contributed by atoms with Crippen LogP contribution < -0.4 is 14.4 Å². The molecule has 0 radical (unpaired) electrons. The number of rotatable bonds is 15. The summed E-state index contributed by atoms with van der Waals surface area (Å²) in [5.74, 6) is -0.219. The molecule has 0 heterocycles. The molecule has 4 aromatic rings. The van der Waals surface area contributed by atoms with Gasteiger partial charge in [-0.2, -0.15) is 0 Å². The predicted octanol–water partition coefficient (Wildman–Crippen LogP) is 5.84. The van der Waals surface area contributed by atoms with Gasteiger partial charge in [-0.25, -0.2) is 8.42 Å². The molecule has 0 aliphatic carbocycles. The van der Waals surface area contributed by atoms with Gasteiger partial charge in [0.2, 0.25) is 11.8 Å². The zero-order chi connectivity index (χ0) is 32.2. The fourth-order valence-corrected chi connectivity index (χ4v) is 6.33. The largest absolute Gasteiger partial charge is 0.494 e. The molecule has 9 heteroatoms. The number of carbonyl (C=O) groups excluding carboxylic acids is 2. The van der Waals surface area contributed by atoms with Crippen LogP contribution in [0.4, 0.5) is 5.69 Å². The molecule has 0 spiro atoms. The van der Waals surface area contributed by atoms with E-state index in [1.165, 1.54) is 17.0 Å². The zero-order valence-electron chi connectivity index (χ0n) is 26.0. The molecule has 2 atom stereocenters. The molecule has 236 valence electrons. The maximum atomic E-state index is 14.5. The molecule has 4 aromatic carbocycles. The van der Waals surface area contributed by atoms with E-state index in [0.29, 0.717) is 18.0 Å². The second-order valence-corrected chi connectivity index (χ2v) is 12.6. The quantitative estimate of drug-likeness (QED) is 0.179. The predicted molar refractivity (Wildman–Crippen MR) is 177 cm³/mol. The molecule has 0 aliphatic heterocycles. The SMILES string of the molecule is CCOc1ccc(N(CC(=O)N(Cc2ccccc2)C(Cc2ccccc2)C(=O)NC(C)CC)S(=O)(=O)c2ccccc2)cc1. The average Bonchev–Trinajstić information content (AvgIpc) is 3.07. The molecule has 0 aliphatic rings. The van der Waals surface area contributed by atoms with Crippen LogP contribution >= 0.6 is 0 Å². The summed E-state index contributed by atoms with van der Waals surface area (Å²) in [5.41, 5.74) is 2.01. The maximum absolute atomic E-state index is 14.5. The van der Waals surface area contributed by atoms with Gasteiger partial charge in [0.15, 0.2) is 0 Å². The monoisotopic (exact) mass is 627 g/mol. The Morgan fingerprint density at radius 1 is 0.778 bits per heavy atom. The van der Waals surface area contributed by atoms with Gasteiger partial charge in [-0.1, -0.05) is 85.8 Å². The van der Waals surface area contributed by atoms with Gasteiger partial charge in [0.1, 0.15) is 18.3 Å². The number of ether oxygens (including phenoxy) is 1. The number of hydrogen-bond acceptors (Lipinski definition) is 5. The number of anilines is 1. The minimum absolute atomic E-state index is 0.0524. The van der Waals surface area contributed by atoms with E-state index in [9.17, 15) is 18.0 Å². The molecule has 1 N–H and O–H groups in total. The summed E-state index contributed by atoms with van der Waals surface area (Å²) in [6.45, 7) is 5.82. The van der Waals surface area contributed by atoms with Crippen molar-refractivity contribution >= 4 is 27.5 Å². The molecule has 0 saturated carbocycles. The molecule has 0 aromatic heterocycles. The summed E-state index contributed by atoms with van der Waals surface area (Å²) in [6.07, 6.45) is 0.980. The van der Waals surface area contributed by atoms with Crippen LogP contribution in [-0.2, 0) is 32.6 Å². The van der Waals surface area contributed by atoms with E-state index in [1.54, 1.807) is 42.5 Å². The highest BCUT2D eigenvalue weighted by molar-refractivity contribution is 7.92. The summed E-state index contributed by atoms with van der Waals surface area (Å²) in [5, 5.41) is 3.05. The second kappa shape index (κ2) is 15.9. The fourth-order valence-electron chi connectivity index (χ4n) is 4.90. The van der Waals surface area contributed by atoms with Crippen molar-refractivity contribution in [2.45, 2.75) is 57.1 Å². The molecular weight excluding hydrogens is 586 g/mol. The standard InChI is InChI=1S/C36H41N3O5S/c1-4-28(3)37-36(41)34(25-29-15-9-6-10-16-29)38(26-30-17-11-7-12-18-30)35(40)27-39(31-21-23-32(24-22-31)44-5-2)45(42,43)33-19-13-8-14-20-33/h6-24,28,34H,4-5,25-27H2,1-3H3,(H,37,41). The highest BCUT2D eigenvalue weighted by Crippen LogP contribution is 2.27. The van der Waals surface area contributed by atoms with Gasteiger partial charge < -0.3 is 15.0 Å². The third kappa shape index (κ3) is 8.95. The number of sulfonamides is 1. The highest BCUT2D eigenvalue weighted by Gasteiger charge is 2.35.